The lowest BCUT2D eigenvalue weighted by Gasteiger charge is -2.29. The summed E-state index contributed by atoms with van der Waals surface area (Å²) >= 11 is 0. The first-order valence-electron chi connectivity index (χ1n) is 12.8. The monoisotopic (exact) mass is 506 g/mol. The van der Waals surface area contributed by atoms with Crippen molar-refractivity contribution in [1.29, 1.82) is 0 Å². The number of morpholine rings is 1. The zero-order chi connectivity index (χ0) is 28.4. The number of hydrogen-bond acceptors (Lipinski definition) is 10. The second kappa shape index (κ2) is 10.6. The summed E-state index contributed by atoms with van der Waals surface area (Å²) in [6.45, 7) is -0.933. The summed E-state index contributed by atoms with van der Waals surface area (Å²) < 4.78 is 36.3. The predicted molar refractivity (Wildman–Crippen MR) is 136 cm³/mol. The highest BCUT2D eigenvalue weighted by molar-refractivity contribution is 5.77. The van der Waals surface area contributed by atoms with E-state index in [9.17, 15) is 15.2 Å². The lowest BCUT2D eigenvalue weighted by Crippen LogP contribution is -2.36. The highest BCUT2D eigenvalue weighted by Crippen LogP contribution is 2.39. The Morgan fingerprint density at radius 3 is 2.76 bits per heavy atom. The topological polar surface area (TPSA) is 141 Å². The molecule has 2 N–H and O–H groups in total. The van der Waals surface area contributed by atoms with E-state index in [1.807, 2.05) is 4.90 Å². The molecular formula is C25H25N7O5. The number of nitrogens with one attached hydrogen (secondary N) is 1. The van der Waals surface area contributed by atoms with E-state index >= 15 is 0 Å². The molecule has 12 nitrogen and oxygen atoms in total. The van der Waals surface area contributed by atoms with Gasteiger partial charge in [0.15, 0.2) is 5.82 Å². The fourth-order valence-electron chi connectivity index (χ4n) is 3.99. The van der Waals surface area contributed by atoms with Crippen LogP contribution in [0.1, 0.15) is 9.68 Å². The van der Waals surface area contributed by atoms with Crippen molar-refractivity contribution in [3.63, 3.8) is 0 Å². The first-order valence-corrected chi connectivity index (χ1v) is 11.3. The van der Waals surface area contributed by atoms with Crippen LogP contribution in [0.2, 0.25) is 0 Å². The van der Waals surface area contributed by atoms with E-state index in [2.05, 4.69) is 20.4 Å². The molecule has 5 rings (SSSR count). The first-order chi connectivity index (χ1) is 19.2. The van der Waals surface area contributed by atoms with Crippen molar-refractivity contribution in [2.75, 3.05) is 43.6 Å². The average molecular weight is 507 g/mol. The molecular weight excluding hydrogens is 478 g/mol. The van der Waals surface area contributed by atoms with Crippen molar-refractivity contribution in [3.05, 3.63) is 76.6 Å². The van der Waals surface area contributed by atoms with Crippen LogP contribution < -0.4 is 15.0 Å². The Bertz CT molecular complexity index is 1540. The zero-order valence-electron chi connectivity index (χ0n) is 22.8. The normalized spacial score (nSPS) is 15.0. The number of rotatable bonds is 8. The minimum absolute atomic E-state index is 0.0222. The van der Waals surface area contributed by atoms with Gasteiger partial charge in [0, 0.05) is 54.8 Å². The molecule has 0 atom stereocenters. The van der Waals surface area contributed by atoms with Gasteiger partial charge in [0.25, 0.3) is 5.69 Å². The van der Waals surface area contributed by atoms with Crippen molar-refractivity contribution in [2.24, 2.45) is 0 Å². The predicted octanol–water partition coefficient (Wildman–Crippen LogP) is 3.32. The van der Waals surface area contributed by atoms with Crippen molar-refractivity contribution >= 4 is 23.0 Å². The van der Waals surface area contributed by atoms with E-state index in [-0.39, 0.29) is 34.4 Å². The molecule has 1 aliphatic rings. The van der Waals surface area contributed by atoms with Crippen LogP contribution in [0.3, 0.4) is 0 Å². The van der Waals surface area contributed by atoms with Crippen LogP contribution in [0.15, 0.2) is 60.9 Å². The molecule has 12 heteroatoms. The Morgan fingerprint density at radius 1 is 1.27 bits per heavy atom. The summed E-state index contributed by atoms with van der Waals surface area (Å²) in [7, 11) is 1.44. The van der Waals surface area contributed by atoms with Gasteiger partial charge in [-0.1, -0.05) is 30.3 Å². The number of nitro groups is 1. The largest absolute Gasteiger partial charge is 0.494 e. The summed E-state index contributed by atoms with van der Waals surface area (Å²) in [6, 6.07) is 13.0. The number of methoxy groups -OCH3 is 1. The van der Waals surface area contributed by atoms with Gasteiger partial charge in [0.05, 0.1) is 47.3 Å². The number of aromatic nitrogens is 4. The molecule has 0 saturated carbocycles. The molecule has 2 aromatic heterocycles. The Balaban J connectivity index is 1.53. The van der Waals surface area contributed by atoms with Gasteiger partial charge in [-0.05, 0) is 0 Å². The third-order valence-corrected chi connectivity index (χ3v) is 5.76. The quantitative estimate of drug-likeness (QED) is 0.270. The number of aliphatic hydroxyl groups is 1. The maximum absolute atomic E-state index is 11.9. The molecule has 0 bridgehead atoms. The summed E-state index contributed by atoms with van der Waals surface area (Å²) in [5, 5.41) is 29.5. The highest BCUT2D eigenvalue weighted by Gasteiger charge is 2.25. The molecule has 0 radical (unpaired) electrons. The molecule has 1 fully saturated rings. The van der Waals surface area contributed by atoms with Gasteiger partial charge in [-0.2, -0.15) is 10.1 Å². The molecule has 1 saturated heterocycles. The number of nitrogens with zero attached hydrogens (tertiary/aromatic N) is 6. The van der Waals surface area contributed by atoms with Gasteiger partial charge in [-0.25, -0.2) is 9.67 Å². The Morgan fingerprint density at radius 2 is 2.05 bits per heavy atom. The molecule has 190 valence electrons. The Labute approximate surface area is 216 Å². The summed E-state index contributed by atoms with van der Waals surface area (Å²) in [5.74, 6) is 0.450. The van der Waals surface area contributed by atoms with Crippen LogP contribution in [0.4, 0.5) is 23.0 Å². The van der Waals surface area contributed by atoms with E-state index in [1.54, 1.807) is 36.4 Å². The lowest BCUT2D eigenvalue weighted by atomic mass is 10.1. The van der Waals surface area contributed by atoms with E-state index < -0.39 is 17.7 Å². The average Bonchev–Trinajstić information content (AvgIpc) is 3.31. The number of ether oxygens (including phenoxy) is 2. The molecule has 37 heavy (non-hydrogen) atoms. The van der Waals surface area contributed by atoms with Crippen LogP contribution in [-0.2, 0) is 11.3 Å². The van der Waals surface area contributed by atoms with Crippen LogP contribution >= 0.6 is 0 Å². The van der Waals surface area contributed by atoms with Gasteiger partial charge in [0.1, 0.15) is 11.4 Å². The van der Waals surface area contributed by atoms with Gasteiger partial charge < -0.3 is 24.8 Å². The van der Waals surface area contributed by atoms with Gasteiger partial charge in [0.2, 0.25) is 5.95 Å². The van der Waals surface area contributed by atoms with E-state index in [1.165, 1.54) is 25.4 Å². The summed E-state index contributed by atoms with van der Waals surface area (Å²) in [5.41, 5.74) is 0.786. The number of hydrogen-bond donors (Lipinski definition) is 2. The van der Waals surface area contributed by atoms with E-state index in [4.69, 9.17) is 13.6 Å². The molecule has 3 heterocycles. The maximum Gasteiger partial charge on any atom is 0.294 e. The van der Waals surface area contributed by atoms with E-state index in [0.717, 1.165) is 4.68 Å². The smallest absolute Gasteiger partial charge is 0.294 e. The fraction of sp³-hybridized carbons (Fsp3) is 0.240. The summed E-state index contributed by atoms with van der Waals surface area (Å²) in [6.07, 6.45) is 0.989. The summed E-state index contributed by atoms with van der Waals surface area (Å²) in [4.78, 5) is 21.9. The van der Waals surface area contributed by atoms with Crippen LogP contribution in [-0.4, -0.2) is 63.2 Å². The van der Waals surface area contributed by atoms with E-state index in [0.29, 0.717) is 43.3 Å². The second-order valence-electron chi connectivity index (χ2n) is 7.99. The Hall–Kier alpha value is -4.55. The van der Waals surface area contributed by atoms with Crippen molar-refractivity contribution in [1.82, 2.24) is 19.7 Å². The van der Waals surface area contributed by atoms with Crippen LogP contribution in [0, 0.1) is 10.1 Å². The number of nitro benzene ring substituents is 1. The van der Waals surface area contributed by atoms with Gasteiger partial charge in [-0.15, -0.1) is 0 Å². The highest BCUT2D eigenvalue weighted by atomic mass is 16.6. The first kappa shape index (κ1) is 20.6. The maximum atomic E-state index is 11.9. The van der Waals surface area contributed by atoms with Crippen molar-refractivity contribution in [3.8, 4) is 22.8 Å². The van der Waals surface area contributed by atoms with Crippen molar-refractivity contribution in [2.45, 2.75) is 6.56 Å². The SMILES string of the molecule is [2H]c1c(C([2H])([2H])O)c(-c2ccccc2)nn1-c1ccnc(Nc2cc([N+](=O)[O-])c(N3CCOCC3)cc2OC)n1. The standard InChI is InChI=1S/C25H25N7O5/c1-36-22-14-20(30-9-11-37-12-10-30)21(32(34)35)13-19(22)27-25-26-8-7-23(28-25)31-15-18(16-33)24(29-31)17-5-3-2-4-6-17/h2-8,13-15,33H,9-12,16H2,1H3,(H,26,27,28)/i15D,16D2. The number of benzene rings is 2. The molecule has 0 unspecified atom stereocenters. The van der Waals surface area contributed by atoms with Crippen molar-refractivity contribution < 1.29 is 23.6 Å². The fourth-order valence-corrected chi connectivity index (χ4v) is 3.99. The zero-order valence-corrected chi connectivity index (χ0v) is 19.8. The Kier molecular flexibility index (Phi) is 5.91. The second-order valence-corrected chi connectivity index (χ2v) is 7.99. The molecule has 0 aliphatic carbocycles. The molecule has 1 aliphatic heterocycles. The molecule has 0 spiro atoms. The third kappa shape index (κ3) is 5.06. The number of anilines is 3. The van der Waals surface area contributed by atoms with Crippen LogP contribution in [0.25, 0.3) is 17.1 Å². The minimum Gasteiger partial charge on any atom is -0.494 e. The van der Waals surface area contributed by atoms with Gasteiger partial charge >= 0.3 is 0 Å². The molecule has 4 aromatic rings. The lowest BCUT2D eigenvalue weighted by molar-refractivity contribution is -0.384. The van der Waals surface area contributed by atoms with Gasteiger partial charge in [-0.3, -0.25) is 10.1 Å². The molecule has 2 aromatic carbocycles. The molecule has 0 amide bonds. The van der Waals surface area contributed by atoms with Crippen LogP contribution in [0.5, 0.6) is 5.75 Å². The minimum atomic E-state index is -2.84. The third-order valence-electron chi connectivity index (χ3n) is 5.76.